The molecule has 2 aromatic rings. The second kappa shape index (κ2) is 9.03. The highest BCUT2D eigenvalue weighted by Gasteiger charge is 2.43. The van der Waals surface area contributed by atoms with Crippen LogP contribution in [0.3, 0.4) is 0 Å². The van der Waals surface area contributed by atoms with E-state index in [9.17, 15) is 15.3 Å². The first-order chi connectivity index (χ1) is 13.4. The molecule has 6 nitrogen and oxygen atoms in total. The number of ether oxygens (including phenoxy) is 2. The van der Waals surface area contributed by atoms with Crippen molar-refractivity contribution in [3.63, 3.8) is 0 Å². The van der Waals surface area contributed by atoms with E-state index in [1.54, 1.807) is 12.1 Å². The molecule has 0 spiro atoms. The summed E-state index contributed by atoms with van der Waals surface area (Å²) in [6.07, 6.45) is -4.44. The molecule has 0 amide bonds. The van der Waals surface area contributed by atoms with E-state index in [-0.39, 0.29) is 0 Å². The average Bonchev–Trinajstić information content (AvgIpc) is 2.70. The molecule has 3 rings (SSSR count). The summed E-state index contributed by atoms with van der Waals surface area (Å²) in [6.45, 7) is 2.54. The number of aliphatic hydroxyl groups excluding tert-OH is 3. The highest BCUT2D eigenvalue weighted by Crippen LogP contribution is 2.34. The van der Waals surface area contributed by atoms with E-state index in [2.05, 4.69) is 0 Å². The summed E-state index contributed by atoms with van der Waals surface area (Å²) in [5.74, 6) is 0.801. The normalized spacial score (nSPS) is 27.4. The summed E-state index contributed by atoms with van der Waals surface area (Å²) < 4.78 is 11.1. The molecule has 28 heavy (non-hydrogen) atoms. The third kappa shape index (κ3) is 4.37. The first kappa shape index (κ1) is 20.8. The molecular weight excluding hydrogens is 382 g/mol. The lowest BCUT2D eigenvalue weighted by Crippen LogP contribution is -2.54. The Morgan fingerprint density at radius 2 is 1.79 bits per heavy atom. The minimum Gasteiger partial charge on any atom is -0.494 e. The van der Waals surface area contributed by atoms with E-state index in [0.717, 1.165) is 23.1 Å². The minimum absolute atomic E-state index is 0.571. The maximum Gasteiger partial charge on any atom is 0.121 e. The van der Waals surface area contributed by atoms with Crippen LogP contribution >= 0.6 is 11.6 Å². The average molecular weight is 406 g/mol. The summed E-state index contributed by atoms with van der Waals surface area (Å²) in [7, 11) is 0. The Kier molecular flexibility index (Phi) is 6.69. The van der Waals surface area contributed by atoms with E-state index in [4.69, 9.17) is 26.5 Å². The number of hydrogen-bond donors (Lipinski definition) is 4. The van der Waals surface area contributed by atoms with Crippen LogP contribution in [0.15, 0.2) is 42.5 Å². The van der Waals surface area contributed by atoms with Gasteiger partial charge in [-0.2, -0.15) is 0 Å². The fourth-order valence-corrected chi connectivity index (χ4v) is 3.50. The quantitative estimate of drug-likeness (QED) is 0.553. The molecule has 0 unspecified atom stereocenters. The van der Waals surface area contributed by atoms with Crippen molar-refractivity contribution in [3.05, 3.63) is 64.2 Å². The van der Waals surface area contributed by atoms with Gasteiger partial charge in [-0.3, -0.25) is 0 Å². The zero-order valence-electron chi connectivity index (χ0n) is 15.5. The predicted octanol–water partition coefficient (Wildman–Crippen LogP) is 2.50. The molecule has 7 heteroatoms. The summed E-state index contributed by atoms with van der Waals surface area (Å²) in [6, 6.07) is 13.0. The van der Waals surface area contributed by atoms with Crippen LogP contribution < -0.4 is 4.74 Å². The van der Waals surface area contributed by atoms with Crippen LogP contribution in [-0.2, 0) is 11.2 Å². The lowest BCUT2D eigenvalue weighted by molar-refractivity contribution is -0.205. The molecular formula is C21H24ClNO5. The molecule has 0 bridgehead atoms. The van der Waals surface area contributed by atoms with Gasteiger partial charge in [0.1, 0.15) is 36.3 Å². The van der Waals surface area contributed by atoms with E-state index >= 15 is 0 Å². The van der Waals surface area contributed by atoms with Crippen molar-refractivity contribution in [2.75, 3.05) is 6.61 Å². The van der Waals surface area contributed by atoms with E-state index in [0.29, 0.717) is 23.6 Å². The minimum atomic E-state index is -1.41. The summed E-state index contributed by atoms with van der Waals surface area (Å²) in [5, 5.41) is 38.3. The molecule has 5 atom stereocenters. The molecule has 0 radical (unpaired) electrons. The zero-order chi connectivity index (χ0) is 20.3. The van der Waals surface area contributed by atoms with Crippen LogP contribution in [0.5, 0.6) is 5.75 Å². The van der Waals surface area contributed by atoms with Gasteiger partial charge in [-0.05, 0) is 48.2 Å². The smallest absolute Gasteiger partial charge is 0.121 e. The van der Waals surface area contributed by atoms with Crippen molar-refractivity contribution in [2.24, 2.45) is 0 Å². The van der Waals surface area contributed by atoms with Gasteiger partial charge in [-0.15, -0.1) is 0 Å². The monoisotopic (exact) mass is 405 g/mol. The number of rotatable bonds is 6. The molecule has 150 valence electrons. The SMILES string of the molecule is CCOc1ccc(Cc2cc([C@@H]3O[C@H](C=N)[C@@H](O)[C@H](O)[C@H]3O)ccc2Cl)cc1. The van der Waals surface area contributed by atoms with Gasteiger partial charge in [0.05, 0.1) is 6.61 Å². The predicted molar refractivity (Wildman–Crippen MR) is 106 cm³/mol. The molecule has 1 aliphatic heterocycles. The van der Waals surface area contributed by atoms with Gasteiger partial charge in [-0.25, -0.2) is 0 Å². The van der Waals surface area contributed by atoms with Crippen molar-refractivity contribution in [1.29, 1.82) is 5.41 Å². The highest BCUT2D eigenvalue weighted by molar-refractivity contribution is 6.31. The van der Waals surface area contributed by atoms with Gasteiger partial charge in [0.2, 0.25) is 0 Å². The van der Waals surface area contributed by atoms with Crippen molar-refractivity contribution in [3.8, 4) is 5.75 Å². The van der Waals surface area contributed by atoms with Gasteiger partial charge < -0.3 is 30.2 Å². The lowest BCUT2D eigenvalue weighted by atomic mass is 9.90. The Balaban J connectivity index is 1.83. The van der Waals surface area contributed by atoms with E-state index in [1.807, 2.05) is 37.3 Å². The summed E-state index contributed by atoms with van der Waals surface area (Å²) >= 11 is 6.36. The van der Waals surface area contributed by atoms with Crippen LogP contribution in [-0.4, -0.2) is 52.6 Å². The van der Waals surface area contributed by atoms with Gasteiger partial charge in [0, 0.05) is 11.2 Å². The summed E-state index contributed by atoms with van der Waals surface area (Å²) in [4.78, 5) is 0. The van der Waals surface area contributed by atoms with Crippen LogP contribution in [0.25, 0.3) is 0 Å². The van der Waals surface area contributed by atoms with Crippen LogP contribution in [0, 0.1) is 5.41 Å². The molecule has 0 aromatic heterocycles. The van der Waals surface area contributed by atoms with Crippen molar-refractivity contribution >= 4 is 17.8 Å². The maximum absolute atomic E-state index is 10.3. The Morgan fingerprint density at radius 1 is 1.07 bits per heavy atom. The standard InChI is InChI=1S/C21H24ClNO5/c1-2-27-15-6-3-12(4-7-15)9-14-10-13(5-8-16(14)22)21-20(26)19(25)18(24)17(11-23)28-21/h3-8,10-11,17-21,23-26H,2,9H2,1H3/t17-,18-,19+,20-,21+/m1/s1. The summed E-state index contributed by atoms with van der Waals surface area (Å²) in [5.41, 5.74) is 2.50. The number of hydrogen-bond acceptors (Lipinski definition) is 6. The van der Waals surface area contributed by atoms with Crippen LogP contribution in [0.1, 0.15) is 29.7 Å². The first-order valence-corrected chi connectivity index (χ1v) is 9.52. The third-order valence-electron chi connectivity index (χ3n) is 4.84. The fourth-order valence-electron chi connectivity index (χ4n) is 3.32. The molecule has 0 aliphatic carbocycles. The number of nitrogens with one attached hydrogen (secondary N) is 1. The maximum atomic E-state index is 10.3. The van der Waals surface area contributed by atoms with Crippen molar-refractivity contribution in [2.45, 2.75) is 43.9 Å². The van der Waals surface area contributed by atoms with E-state index < -0.39 is 30.5 Å². The Bertz CT molecular complexity index is 813. The van der Waals surface area contributed by atoms with Crippen LogP contribution in [0.2, 0.25) is 5.02 Å². The number of benzene rings is 2. The molecule has 1 aliphatic rings. The molecule has 0 saturated carbocycles. The largest absolute Gasteiger partial charge is 0.494 e. The topological polar surface area (TPSA) is 103 Å². The second-order valence-corrected chi connectivity index (χ2v) is 7.17. The Morgan fingerprint density at radius 3 is 2.43 bits per heavy atom. The number of aliphatic hydroxyl groups is 3. The van der Waals surface area contributed by atoms with Gasteiger partial charge >= 0.3 is 0 Å². The Hall–Kier alpha value is -1.96. The molecule has 4 N–H and O–H groups in total. The second-order valence-electron chi connectivity index (χ2n) is 6.76. The van der Waals surface area contributed by atoms with Crippen LogP contribution in [0.4, 0.5) is 0 Å². The fraction of sp³-hybridized carbons (Fsp3) is 0.381. The first-order valence-electron chi connectivity index (χ1n) is 9.15. The van der Waals surface area contributed by atoms with Crippen molar-refractivity contribution < 1.29 is 24.8 Å². The third-order valence-corrected chi connectivity index (χ3v) is 5.21. The lowest BCUT2D eigenvalue weighted by Gasteiger charge is -2.39. The Labute approximate surface area is 168 Å². The molecule has 1 saturated heterocycles. The molecule has 2 aromatic carbocycles. The zero-order valence-corrected chi connectivity index (χ0v) is 16.2. The van der Waals surface area contributed by atoms with Gasteiger partial charge in [0.25, 0.3) is 0 Å². The van der Waals surface area contributed by atoms with E-state index in [1.165, 1.54) is 0 Å². The van der Waals surface area contributed by atoms with Crippen molar-refractivity contribution in [1.82, 2.24) is 0 Å². The van der Waals surface area contributed by atoms with Gasteiger partial charge in [-0.1, -0.05) is 35.9 Å². The number of halogens is 1. The molecule has 1 heterocycles. The highest BCUT2D eigenvalue weighted by atomic mass is 35.5. The molecule has 1 fully saturated rings. The van der Waals surface area contributed by atoms with Gasteiger partial charge in [0.15, 0.2) is 0 Å².